The molecule has 0 unspecified atom stereocenters. The van der Waals surface area contributed by atoms with Crippen LogP contribution in [0.5, 0.6) is 0 Å². The number of halogens is 1. The lowest BCUT2D eigenvalue weighted by molar-refractivity contribution is 0.0426. The zero-order chi connectivity index (χ0) is 20.7. The molecule has 1 aromatic carbocycles. The van der Waals surface area contributed by atoms with Crippen molar-refractivity contribution in [2.45, 2.75) is 24.8 Å². The number of aliphatic hydroxyl groups is 1. The maximum Gasteiger partial charge on any atom is 0.344 e. The number of pyridine rings is 1. The fourth-order valence-electron chi connectivity index (χ4n) is 3.99. The number of benzene rings is 1. The molecule has 1 fully saturated rings. The van der Waals surface area contributed by atoms with Crippen LogP contribution in [0.2, 0.25) is 0 Å². The van der Waals surface area contributed by atoms with Gasteiger partial charge in [-0.15, -0.1) is 0 Å². The van der Waals surface area contributed by atoms with Gasteiger partial charge in [0.05, 0.1) is 34.1 Å². The number of thioether (sulfide) groups is 1. The van der Waals surface area contributed by atoms with E-state index in [4.69, 9.17) is 9.84 Å². The van der Waals surface area contributed by atoms with E-state index >= 15 is 4.39 Å². The minimum atomic E-state index is -0.776. The number of hydrogen-bond donors (Lipinski definition) is 1. The molecule has 2 aliphatic rings. The van der Waals surface area contributed by atoms with Crippen LogP contribution in [-0.2, 0) is 10.6 Å². The van der Waals surface area contributed by atoms with Gasteiger partial charge in [0, 0.05) is 31.7 Å². The summed E-state index contributed by atoms with van der Waals surface area (Å²) in [5.74, 6) is -0.608. The van der Waals surface area contributed by atoms with Crippen molar-refractivity contribution in [3.63, 3.8) is 0 Å². The highest BCUT2D eigenvalue weighted by molar-refractivity contribution is 7.99. The molecule has 4 rings (SSSR count). The zero-order valence-electron chi connectivity index (χ0n) is 16.5. The molecule has 0 atom stereocenters. The number of aliphatic hydroxyl groups excluding tert-OH is 1. The highest BCUT2D eigenvalue weighted by atomic mass is 32.2. The number of rotatable bonds is 5. The number of esters is 1. The van der Waals surface area contributed by atoms with Crippen molar-refractivity contribution in [1.29, 1.82) is 0 Å². The Morgan fingerprint density at radius 3 is 2.62 bits per heavy atom. The lowest BCUT2D eigenvalue weighted by Crippen LogP contribution is -2.46. The number of carbonyl (C=O) groups is 1. The van der Waals surface area contributed by atoms with E-state index < -0.39 is 17.2 Å². The maximum atomic E-state index is 15.3. The van der Waals surface area contributed by atoms with Gasteiger partial charge in [-0.1, -0.05) is 18.7 Å². The molecule has 156 valence electrons. The first-order valence-corrected chi connectivity index (χ1v) is 10.7. The minimum absolute atomic E-state index is 0.0750. The lowest BCUT2D eigenvalue weighted by atomic mass is 10.0. The molecule has 29 heavy (non-hydrogen) atoms. The predicted molar refractivity (Wildman–Crippen MR) is 110 cm³/mol. The van der Waals surface area contributed by atoms with E-state index in [0.29, 0.717) is 22.1 Å². The Bertz CT molecular complexity index is 1030. The Balaban J connectivity index is 1.83. The highest BCUT2D eigenvalue weighted by Gasteiger charge is 2.31. The van der Waals surface area contributed by atoms with Gasteiger partial charge in [0.25, 0.3) is 0 Å². The van der Waals surface area contributed by atoms with Crippen LogP contribution in [0.3, 0.4) is 0 Å². The third-order valence-corrected chi connectivity index (χ3v) is 6.77. The van der Waals surface area contributed by atoms with Crippen molar-refractivity contribution in [2.75, 3.05) is 50.8 Å². The first-order chi connectivity index (χ1) is 14.0. The number of fused-ring (bicyclic) bond motifs is 3. The molecule has 0 aliphatic carbocycles. The van der Waals surface area contributed by atoms with E-state index in [9.17, 15) is 9.59 Å². The molecule has 0 spiro atoms. The van der Waals surface area contributed by atoms with Crippen molar-refractivity contribution in [3.05, 3.63) is 33.2 Å². The molecule has 2 aromatic rings. The summed E-state index contributed by atoms with van der Waals surface area (Å²) in [6.45, 7) is 7.38. The predicted octanol–water partition coefficient (Wildman–Crippen LogP) is 1.80. The van der Waals surface area contributed by atoms with Crippen LogP contribution in [0, 0.1) is 12.7 Å². The monoisotopic (exact) mass is 421 g/mol. The van der Waals surface area contributed by atoms with E-state index in [-0.39, 0.29) is 29.7 Å². The summed E-state index contributed by atoms with van der Waals surface area (Å²) in [6.07, 6.45) is 0. The third-order valence-electron chi connectivity index (χ3n) is 5.68. The fourth-order valence-corrected chi connectivity index (χ4v) is 4.93. The number of carbonyl (C=O) groups excluding carboxylic acids is 1. The van der Waals surface area contributed by atoms with Crippen molar-refractivity contribution >= 4 is 34.3 Å². The van der Waals surface area contributed by atoms with Gasteiger partial charge in [-0.05, 0) is 19.5 Å². The summed E-state index contributed by atoms with van der Waals surface area (Å²) >= 11 is 1.39. The van der Waals surface area contributed by atoms with Crippen molar-refractivity contribution < 1.29 is 19.0 Å². The Labute approximate surface area is 172 Å². The second-order valence-electron chi connectivity index (χ2n) is 7.22. The van der Waals surface area contributed by atoms with Gasteiger partial charge in [-0.2, -0.15) is 0 Å². The Morgan fingerprint density at radius 1 is 1.31 bits per heavy atom. The summed E-state index contributed by atoms with van der Waals surface area (Å²) in [6, 6.07) is 1.74. The molecule has 3 heterocycles. The molecule has 1 aromatic heterocycles. The number of anilines is 1. The molecular weight excluding hydrogens is 397 g/mol. The van der Waals surface area contributed by atoms with Crippen LogP contribution < -0.4 is 10.3 Å². The Morgan fingerprint density at radius 2 is 2.03 bits per heavy atom. The van der Waals surface area contributed by atoms with E-state index in [2.05, 4.69) is 11.8 Å². The molecule has 1 N–H and O–H groups in total. The second kappa shape index (κ2) is 7.97. The van der Waals surface area contributed by atoms with Gasteiger partial charge < -0.3 is 24.2 Å². The molecule has 7 nitrogen and oxygen atoms in total. The van der Waals surface area contributed by atoms with Gasteiger partial charge in [0.15, 0.2) is 0 Å². The van der Waals surface area contributed by atoms with Crippen LogP contribution in [0.15, 0.2) is 15.9 Å². The van der Waals surface area contributed by atoms with Gasteiger partial charge in [-0.3, -0.25) is 4.79 Å². The van der Waals surface area contributed by atoms with Crippen LogP contribution in [-0.4, -0.2) is 66.5 Å². The number of nitrogens with zero attached hydrogens (tertiary/aromatic N) is 3. The Hall–Kier alpha value is -2.10. The van der Waals surface area contributed by atoms with Gasteiger partial charge >= 0.3 is 5.97 Å². The summed E-state index contributed by atoms with van der Waals surface area (Å²) in [5, 5.41) is 9.65. The maximum absolute atomic E-state index is 15.3. The van der Waals surface area contributed by atoms with Crippen molar-refractivity contribution in [3.8, 4) is 0 Å². The van der Waals surface area contributed by atoms with E-state index in [1.54, 1.807) is 13.0 Å². The third kappa shape index (κ3) is 3.31. The summed E-state index contributed by atoms with van der Waals surface area (Å²) in [4.78, 5) is 29.8. The van der Waals surface area contributed by atoms with Gasteiger partial charge in [-0.25, -0.2) is 9.18 Å². The average molecular weight is 421 g/mol. The number of likely N-dealkylation sites (N-methyl/N-ethyl adjacent to an activating group) is 1. The topological polar surface area (TPSA) is 75.0 Å². The fraction of sp³-hybridized carbons (Fsp3) is 0.500. The molecular formula is C20H24FN3O4S. The van der Waals surface area contributed by atoms with Crippen LogP contribution >= 0.6 is 11.8 Å². The average Bonchev–Trinajstić information content (AvgIpc) is 2.70. The van der Waals surface area contributed by atoms with Crippen molar-refractivity contribution in [1.82, 2.24) is 9.47 Å². The molecule has 0 saturated carbocycles. The minimum Gasteiger partial charge on any atom is -0.459 e. The van der Waals surface area contributed by atoms with Crippen LogP contribution in [0.25, 0.3) is 10.9 Å². The highest BCUT2D eigenvalue weighted by Crippen LogP contribution is 2.39. The van der Waals surface area contributed by atoms with E-state index in [1.807, 2.05) is 9.47 Å². The lowest BCUT2D eigenvalue weighted by Gasteiger charge is -2.36. The number of aryl methyl sites for hydroxylation is 1. The molecule has 1 saturated heterocycles. The number of hydrogen-bond acceptors (Lipinski definition) is 7. The number of ether oxygens (including phenoxy) is 1. The van der Waals surface area contributed by atoms with Gasteiger partial charge in [0.2, 0.25) is 5.43 Å². The summed E-state index contributed by atoms with van der Waals surface area (Å²) in [5.41, 5.74) is 0.819. The zero-order valence-corrected chi connectivity index (χ0v) is 17.4. The van der Waals surface area contributed by atoms with Crippen molar-refractivity contribution in [2.24, 2.45) is 0 Å². The quantitative estimate of drug-likeness (QED) is 0.738. The van der Waals surface area contributed by atoms with Gasteiger partial charge in [0.1, 0.15) is 18.0 Å². The first kappa shape index (κ1) is 20.2. The summed E-state index contributed by atoms with van der Waals surface area (Å²) < 4.78 is 22.1. The molecule has 9 heteroatoms. The van der Waals surface area contributed by atoms with E-state index in [1.165, 1.54) is 11.8 Å². The SMILES string of the molecule is CCN1CCN(c2cc3c(c(C)c2F)c(=O)c(C(=O)OCCO)c2n3CS2)CC1. The van der Waals surface area contributed by atoms with E-state index in [0.717, 1.165) is 32.7 Å². The molecule has 0 bridgehead atoms. The Kier molecular flexibility index (Phi) is 5.54. The smallest absolute Gasteiger partial charge is 0.344 e. The molecule has 0 radical (unpaired) electrons. The normalized spacial score (nSPS) is 16.6. The van der Waals surface area contributed by atoms with Crippen LogP contribution in [0.4, 0.5) is 10.1 Å². The molecule has 2 aliphatic heterocycles. The summed E-state index contributed by atoms with van der Waals surface area (Å²) in [7, 11) is 0. The number of piperazine rings is 1. The molecule has 0 amide bonds. The largest absolute Gasteiger partial charge is 0.459 e. The first-order valence-electron chi connectivity index (χ1n) is 9.75. The number of aromatic nitrogens is 1. The standard InChI is InChI=1S/C20H24FN3O4S/c1-3-22-4-6-23(7-5-22)14-10-13-15(12(2)17(14)21)18(26)16(19-24(13)11-29-19)20(27)28-9-8-25/h10,25H,3-9,11H2,1-2H3. The second-order valence-corrected chi connectivity index (χ2v) is 8.15. The van der Waals surface area contributed by atoms with Crippen LogP contribution in [0.1, 0.15) is 22.8 Å².